The zero-order valence-electron chi connectivity index (χ0n) is 12.5. The van der Waals surface area contributed by atoms with Gasteiger partial charge in [0, 0.05) is 10.6 Å². The maximum Gasteiger partial charge on any atom is 0.200 e. The van der Waals surface area contributed by atoms with Crippen LogP contribution >= 0.6 is 11.6 Å². The number of carbonyl (C=O) groups excluding carboxylic acids is 1. The number of rotatable bonds is 5. The Morgan fingerprint density at radius 3 is 2.62 bits per heavy atom. The van der Waals surface area contributed by atoms with Crippen molar-refractivity contribution in [3.63, 3.8) is 0 Å². The number of Topliss-reactive ketones (excluding diaryl/α,β-unsaturated/α-hetero) is 1. The average molecular weight is 303 g/mol. The highest BCUT2D eigenvalue weighted by molar-refractivity contribution is 6.31. The fourth-order valence-corrected chi connectivity index (χ4v) is 2.32. The second-order valence-electron chi connectivity index (χ2n) is 5.42. The molecule has 0 radical (unpaired) electrons. The molecule has 0 atom stereocenters. The van der Waals surface area contributed by atoms with Gasteiger partial charge in [0.1, 0.15) is 5.75 Å². The van der Waals surface area contributed by atoms with Crippen molar-refractivity contribution in [1.82, 2.24) is 0 Å². The summed E-state index contributed by atoms with van der Waals surface area (Å²) in [6, 6.07) is 13.0. The van der Waals surface area contributed by atoms with Gasteiger partial charge in [0.15, 0.2) is 12.4 Å². The summed E-state index contributed by atoms with van der Waals surface area (Å²) in [5.74, 6) is 1.05. The first-order valence-corrected chi connectivity index (χ1v) is 7.37. The van der Waals surface area contributed by atoms with Gasteiger partial charge >= 0.3 is 0 Å². The van der Waals surface area contributed by atoms with E-state index in [9.17, 15) is 4.79 Å². The van der Waals surface area contributed by atoms with Crippen LogP contribution in [0.3, 0.4) is 0 Å². The topological polar surface area (TPSA) is 26.3 Å². The normalized spacial score (nSPS) is 10.7. The highest BCUT2D eigenvalue weighted by Gasteiger charge is 2.11. The number of carbonyl (C=O) groups is 1. The Labute approximate surface area is 130 Å². The quantitative estimate of drug-likeness (QED) is 0.724. The summed E-state index contributed by atoms with van der Waals surface area (Å²) in [7, 11) is 0. The molecule has 0 aliphatic rings. The molecular weight excluding hydrogens is 284 g/mol. The van der Waals surface area contributed by atoms with Crippen LogP contribution < -0.4 is 4.74 Å². The lowest BCUT2D eigenvalue weighted by atomic mass is 10.0. The van der Waals surface area contributed by atoms with Crippen LogP contribution in [0, 0.1) is 6.92 Å². The van der Waals surface area contributed by atoms with Crippen LogP contribution in [0.15, 0.2) is 42.5 Å². The summed E-state index contributed by atoms with van der Waals surface area (Å²) in [4.78, 5) is 12.2. The SMILES string of the molecule is Cc1ccc(C(C)C)c(OCC(=O)c2cccc(Cl)c2)c1. The van der Waals surface area contributed by atoms with Crippen LogP contribution in [0.4, 0.5) is 0 Å². The Morgan fingerprint density at radius 2 is 1.95 bits per heavy atom. The largest absolute Gasteiger partial charge is 0.485 e. The number of hydrogen-bond acceptors (Lipinski definition) is 2. The summed E-state index contributed by atoms with van der Waals surface area (Å²) in [6.45, 7) is 6.24. The molecule has 2 nitrogen and oxygen atoms in total. The fourth-order valence-electron chi connectivity index (χ4n) is 2.13. The first-order chi connectivity index (χ1) is 9.97. The van der Waals surface area contributed by atoms with Gasteiger partial charge in [-0.3, -0.25) is 4.79 Å². The summed E-state index contributed by atoms with van der Waals surface area (Å²) in [5, 5.41) is 0.555. The summed E-state index contributed by atoms with van der Waals surface area (Å²) in [5.41, 5.74) is 2.80. The standard InChI is InChI=1S/C18H19ClO2/c1-12(2)16-8-7-13(3)9-18(16)21-11-17(20)14-5-4-6-15(19)10-14/h4-10,12H,11H2,1-3H3. The van der Waals surface area contributed by atoms with Crippen molar-refractivity contribution < 1.29 is 9.53 Å². The summed E-state index contributed by atoms with van der Waals surface area (Å²) >= 11 is 5.90. The van der Waals surface area contributed by atoms with E-state index in [0.717, 1.165) is 16.9 Å². The van der Waals surface area contributed by atoms with E-state index in [1.807, 2.05) is 13.0 Å². The summed E-state index contributed by atoms with van der Waals surface area (Å²) < 4.78 is 5.74. The number of ketones is 1. The number of ether oxygens (including phenoxy) is 1. The van der Waals surface area contributed by atoms with E-state index in [-0.39, 0.29) is 12.4 Å². The predicted molar refractivity (Wildman–Crippen MR) is 86.5 cm³/mol. The van der Waals surface area contributed by atoms with Crippen molar-refractivity contribution in [3.05, 3.63) is 64.2 Å². The Kier molecular flexibility index (Phi) is 5.03. The van der Waals surface area contributed by atoms with Gasteiger partial charge in [-0.25, -0.2) is 0 Å². The van der Waals surface area contributed by atoms with Crippen LogP contribution in [0.25, 0.3) is 0 Å². The van der Waals surface area contributed by atoms with Crippen LogP contribution in [0.2, 0.25) is 5.02 Å². The van der Waals surface area contributed by atoms with Crippen molar-refractivity contribution in [2.75, 3.05) is 6.61 Å². The van der Waals surface area contributed by atoms with Crippen molar-refractivity contribution in [2.24, 2.45) is 0 Å². The smallest absolute Gasteiger partial charge is 0.200 e. The number of benzene rings is 2. The second kappa shape index (κ2) is 6.77. The molecule has 3 heteroatoms. The molecule has 0 aliphatic heterocycles. The maximum absolute atomic E-state index is 12.2. The molecule has 0 aromatic heterocycles. The van der Waals surface area contributed by atoms with Gasteiger partial charge in [0.2, 0.25) is 0 Å². The molecule has 0 aliphatic carbocycles. The molecule has 0 heterocycles. The minimum absolute atomic E-state index is 0.0174. The third kappa shape index (κ3) is 4.08. The van der Waals surface area contributed by atoms with Gasteiger partial charge in [0.25, 0.3) is 0 Å². The molecule has 0 amide bonds. The highest BCUT2D eigenvalue weighted by atomic mass is 35.5. The molecule has 0 saturated carbocycles. The first-order valence-electron chi connectivity index (χ1n) is 6.99. The molecule has 2 aromatic rings. The van der Waals surface area contributed by atoms with Gasteiger partial charge in [0.05, 0.1) is 0 Å². The minimum Gasteiger partial charge on any atom is -0.485 e. The molecule has 0 unspecified atom stereocenters. The molecule has 110 valence electrons. The number of halogens is 1. The molecule has 0 spiro atoms. The van der Waals surface area contributed by atoms with Crippen molar-refractivity contribution >= 4 is 17.4 Å². The lowest BCUT2D eigenvalue weighted by molar-refractivity contribution is 0.0920. The van der Waals surface area contributed by atoms with Crippen molar-refractivity contribution in [3.8, 4) is 5.75 Å². The Bertz CT molecular complexity index is 647. The van der Waals surface area contributed by atoms with Crippen LogP contribution in [0.1, 0.15) is 41.3 Å². The van der Waals surface area contributed by atoms with E-state index >= 15 is 0 Å². The average Bonchev–Trinajstić information content (AvgIpc) is 2.44. The maximum atomic E-state index is 12.2. The van der Waals surface area contributed by atoms with E-state index in [1.165, 1.54) is 0 Å². The number of hydrogen-bond donors (Lipinski definition) is 0. The molecule has 0 saturated heterocycles. The molecule has 21 heavy (non-hydrogen) atoms. The third-order valence-corrected chi connectivity index (χ3v) is 3.53. The first kappa shape index (κ1) is 15.6. The Morgan fingerprint density at radius 1 is 1.19 bits per heavy atom. The summed E-state index contributed by atoms with van der Waals surface area (Å²) in [6.07, 6.45) is 0. The number of aryl methyl sites for hydroxylation is 1. The van der Waals surface area contributed by atoms with Gasteiger partial charge in [-0.2, -0.15) is 0 Å². The van der Waals surface area contributed by atoms with E-state index in [1.54, 1.807) is 24.3 Å². The third-order valence-electron chi connectivity index (χ3n) is 3.30. The second-order valence-corrected chi connectivity index (χ2v) is 5.85. The molecule has 2 rings (SSSR count). The van der Waals surface area contributed by atoms with Crippen LogP contribution in [-0.2, 0) is 0 Å². The van der Waals surface area contributed by atoms with Crippen LogP contribution in [0.5, 0.6) is 5.75 Å². The monoisotopic (exact) mass is 302 g/mol. The zero-order valence-corrected chi connectivity index (χ0v) is 13.3. The Balaban J connectivity index is 2.13. The van der Waals surface area contributed by atoms with E-state index in [4.69, 9.17) is 16.3 Å². The highest BCUT2D eigenvalue weighted by Crippen LogP contribution is 2.27. The van der Waals surface area contributed by atoms with Crippen LogP contribution in [-0.4, -0.2) is 12.4 Å². The zero-order chi connectivity index (χ0) is 15.4. The van der Waals surface area contributed by atoms with Crippen molar-refractivity contribution in [1.29, 1.82) is 0 Å². The Hall–Kier alpha value is -1.80. The van der Waals surface area contributed by atoms with E-state index in [0.29, 0.717) is 16.5 Å². The van der Waals surface area contributed by atoms with E-state index in [2.05, 4.69) is 26.0 Å². The lowest BCUT2D eigenvalue weighted by Gasteiger charge is -2.14. The molecule has 0 N–H and O–H groups in total. The lowest BCUT2D eigenvalue weighted by Crippen LogP contribution is -2.12. The predicted octanol–water partition coefficient (Wildman–Crippen LogP) is 5.03. The van der Waals surface area contributed by atoms with Gasteiger partial charge < -0.3 is 4.74 Å². The molecule has 2 aromatic carbocycles. The minimum atomic E-state index is -0.0753. The molecule has 0 bridgehead atoms. The van der Waals surface area contributed by atoms with Gasteiger partial charge in [-0.05, 0) is 42.2 Å². The van der Waals surface area contributed by atoms with Gasteiger partial charge in [-0.15, -0.1) is 0 Å². The molecular formula is C18H19ClO2. The fraction of sp³-hybridized carbons (Fsp3) is 0.278. The van der Waals surface area contributed by atoms with Gasteiger partial charge in [-0.1, -0.05) is 49.7 Å². The molecule has 0 fully saturated rings. The van der Waals surface area contributed by atoms with E-state index < -0.39 is 0 Å². The van der Waals surface area contributed by atoms with Crippen molar-refractivity contribution in [2.45, 2.75) is 26.7 Å².